The van der Waals surface area contributed by atoms with Crippen LogP contribution in [0.15, 0.2) is 22.7 Å². The van der Waals surface area contributed by atoms with Gasteiger partial charge < -0.3 is 15.5 Å². The lowest BCUT2D eigenvalue weighted by Crippen LogP contribution is -2.34. The number of nitrogens with one attached hydrogen (secondary N) is 1. The zero-order chi connectivity index (χ0) is 13.8. The first-order valence-electron chi connectivity index (χ1n) is 6.22. The number of aliphatic hydroxyl groups is 1. The third kappa shape index (κ3) is 4.26. The smallest absolute Gasteiger partial charge is 0.120 e. The third-order valence-electron chi connectivity index (χ3n) is 3.03. The van der Waals surface area contributed by atoms with Crippen LogP contribution in [0, 0.1) is 5.41 Å². The molecule has 0 aliphatic carbocycles. The van der Waals surface area contributed by atoms with Crippen molar-refractivity contribution in [3.63, 3.8) is 0 Å². The van der Waals surface area contributed by atoms with Gasteiger partial charge in [-0.15, -0.1) is 0 Å². The van der Waals surface area contributed by atoms with Gasteiger partial charge in [0.1, 0.15) is 5.75 Å². The van der Waals surface area contributed by atoms with Crippen molar-refractivity contribution >= 4 is 15.9 Å². The molecule has 1 rings (SSSR count). The highest BCUT2D eigenvalue weighted by Gasteiger charge is 2.20. The summed E-state index contributed by atoms with van der Waals surface area (Å²) < 4.78 is 0.956. The van der Waals surface area contributed by atoms with Crippen molar-refractivity contribution in [3.8, 4) is 5.75 Å². The summed E-state index contributed by atoms with van der Waals surface area (Å²) in [4.78, 5) is 0. The molecular weight excluding hydrogens is 294 g/mol. The van der Waals surface area contributed by atoms with Gasteiger partial charge in [-0.3, -0.25) is 0 Å². The zero-order valence-electron chi connectivity index (χ0n) is 11.2. The number of hydrogen-bond donors (Lipinski definition) is 3. The summed E-state index contributed by atoms with van der Waals surface area (Å²) in [6.07, 6.45) is 0.880. The molecule has 0 heterocycles. The fraction of sp³-hybridized carbons (Fsp3) is 0.571. The van der Waals surface area contributed by atoms with E-state index in [2.05, 4.69) is 28.2 Å². The van der Waals surface area contributed by atoms with E-state index in [0.717, 1.165) is 16.5 Å². The van der Waals surface area contributed by atoms with E-state index in [9.17, 15) is 10.2 Å². The zero-order valence-corrected chi connectivity index (χ0v) is 12.8. The van der Waals surface area contributed by atoms with E-state index in [0.29, 0.717) is 12.3 Å². The molecule has 0 aliphatic heterocycles. The number of phenols is 1. The molecule has 3 nitrogen and oxygen atoms in total. The molecule has 1 atom stereocenters. The summed E-state index contributed by atoms with van der Waals surface area (Å²) >= 11 is 3.42. The predicted molar refractivity (Wildman–Crippen MR) is 77.7 cm³/mol. The number of aliphatic hydroxyl groups excluding tert-OH is 1. The minimum atomic E-state index is -0.158. The first kappa shape index (κ1) is 15.5. The topological polar surface area (TPSA) is 52.5 Å². The van der Waals surface area contributed by atoms with Gasteiger partial charge in [0.2, 0.25) is 0 Å². The Labute approximate surface area is 117 Å². The Morgan fingerprint density at radius 3 is 2.61 bits per heavy atom. The molecule has 0 radical (unpaired) electrons. The third-order valence-corrected chi connectivity index (χ3v) is 3.52. The van der Waals surface area contributed by atoms with Crippen LogP contribution in [0.4, 0.5) is 0 Å². The highest BCUT2D eigenvalue weighted by molar-refractivity contribution is 9.10. The minimum Gasteiger partial charge on any atom is -0.508 e. The number of aromatic hydroxyl groups is 1. The van der Waals surface area contributed by atoms with E-state index in [1.807, 2.05) is 26.0 Å². The Kier molecular flexibility index (Phi) is 5.63. The molecule has 1 aromatic carbocycles. The summed E-state index contributed by atoms with van der Waals surface area (Å²) in [6.45, 7) is 6.93. The number of phenolic OH excluding ortho intramolecular Hbond substituents is 1. The van der Waals surface area contributed by atoms with E-state index in [1.165, 1.54) is 0 Å². The maximum Gasteiger partial charge on any atom is 0.120 e. The van der Waals surface area contributed by atoms with Crippen LogP contribution in [0.3, 0.4) is 0 Å². The lowest BCUT2D eigenvalue weighted by Gasteiger charge is -2.26. The van der Waals surface area contributed by atoms with Gasteiger partial charge in [-0.2, -0.15) is 0 Å². The van der Waals surface area contributed by atoms with Crippen molar-refractivity contribution in [2.75, 3.05) is 13.2 Å². The van der Waals surface area contributed by atoms with Gasteiger partial charge in [0.05, 0.1) is 0 Å². The van der Waals surface area contributed by atoms with Crippen LogP contribution >= 0.6 is 15.9 Å². The average Bonchev–Trinajstić information content (AvgIpc) is 2.34. The molecule has 0 spiro atoms. The lowest BCUT2D eigenvalue weighted by atomic mass is 9.93. The molecule has 0 bridgehead atoms. The Morgan fingerprint density at radius 1 is 1.39 bits per heavy atom. The van der Waals surface area contributed by atoms with E-state index >= 15 is 0 Å². The van der Waals surface area contributed by atoms with Crippen molar-refractivity contribution in [1.29, 1.82) is 0 Å². The molecule has 1 unspecified atom stereocenters. The van der Waals surface area contributed by atoms with Gasteiger partial charge in [0.15, 0.2) is 0 Å². The second-order valence-corrected chi connectivity index (χ2v) is 6.28. The van der Waals surface area contributed by atoms with Gasteiger partial charge in [-0.25, -0.2) is 0 Å². The van der Waals surface area contributed by atoms with Crippen LogP contribution in [0.5, 0.6) is 5.75 Å². The molecule has 1 aromatic rings. The van der Waals surface area contributed by atoms with Gasteiger partial charge in [0, 0.05) is 34.6 Å². The Morgan fingerprint density at radius 2 is 2.06 bits per heavy atom. The van der Waals surface area contributed by atoms with Crippen molar-refractivity contribution in [3.05, 3.63) is 28.2 Å². The molecule has 0 amide bonds. The molecule has 0 aliphatic rings. The largest absolute Gasteiger partial charge is 0.508 e. The summed E-state index contributed by atoms with van der Waals surface area (Å²) in [5.74, 6) is 0.305. The van der Waals surface area contributed by atoms with Crippen LogP contribution in [-0.4, -0.2) is 23.4 Å². The Bertz CT molecular complexity index is 393. The number of rotatable bonds is 6. The Hall–Kier alpha value is -0.580. The molecule has 0 saturated heterocycles. The van der Waals surface area contributed by atoms with Crippen molar-refractivity contribution in [2.45, 2.75) is 33.2 Å². The quantitative estimate of drug-likeness (QED) is 0.755. The second kappa shape index (κ2) is 6.55. The highest BCUT2D eigenvalue weighted by Crippen LogP contribution is 2.29. The summed E-state index contributed by atoms with van der Waals surface area (Å²) in [7, 11) is 0. The van der Waals surface area contributed by atoms with E-state index in [1.54, 1.807) is 6.07 Å². The molecule has 0 saturated carbocycles. The number of halogens is 1. The fourth-order valence-corrected chi connectivity index (χ4v) is 2.11. The molecule has 3 N–H and O–H groups in total. The van der Waals surface area contributed by atoms with E-state index in [4.69, 9.17) is 0 Å². The summed E-state index contributed by atoms with van der Waals surface area (Å²) in [5.41, 5.74) is 0.732. The first-order valence-corrected chi connectivity index (χ1v) is 7.01. The van der Waals surface area contributed by atoms with Crippen LogP contribution in [-0.2, 0) is 0 Å². The molecule has 102 valence electrons. The van der Waals surface area contributed by atoms with Crippen molar-refractivity contribution in [1.82, 2.24) is 5.32 Å². The standard InChI is InChI=1S/C14H22BrNO2/c1-4-12(16-8-14(2,3)9-17)11-7-10(15)5-6-13(11)18/h5-7,12,16-18H,4,8-9H2,1-3H3. The maximum absolute atomic E-state index is 9.91. The Balaban J connectivity index is 2.80. The molecule has 0 fully saturated rings. The molecular formula is C14H22BrNO2. The summed E-state index contributed by atoms with van der Waals surface area (Å²) in [6, 6.07) is 5.54. The molecule has 18 heavy (non-hydrogen) atoms. The van der Waals surface area contributed by atoms with Crippen molar-refractivity contribution in [2.24, 2.45) is 5.41 Å². The second-order valence-electron chi connectivity index (χ2n) is 5.37. The maximum atomic E-state index is 9.91. The molecule has 0 aromatic heterocycles. The fourth-order valence-electron chi connectivity index (χ4n) is 1.73. The lowest BCUT2D eigenvalue weighted by molar-refractivity contribution is 0.152. The first-order chi connectivity index (χ1) is 8.39. The van der Waals surface area contributed by atoms with E-state index < -0.39 is 0 Å². The number of benzene rings is 1. The molecule has 4 heteroatoms. The van der Waals surface area contributed by atoms with Crippen LogP contribution < -0.4 is 5.32 Å². The monoisotopic (exact) mass is 315 g/mol. The number of hydrogen-bond acceptors (Lipinski definition) is 3. The van der Waals surface area contributed by atoms with Crippen LogP contribution in [0.2, 0.25) is 0 Å². The average molecular weight is 316 g/mol. The SMILES string of the molecule is CCC(NCC(C)(C)CO)c1cc(Br)ccc1O. The highest BCUT2D eigenvalue weighted by atomic mass is 79.9. The van der Waals surface area contributed by atoms with Gasteiger partial charge in [0.25, 0.3) is 0 Å². The van der Waals surface area contributed by atoms with Crippen LogP contribution in [0.1, 0.15) is 38.8 Å². The minimum absolute atomic E-state index is 0.0910. The summed E-state index contributed by atoms with van der Waals surface area (Å²) in [5, 5.41) is 22.6. The van der Waals surface area contributed by atoms with E-state index in [-0.39, 0.29) is 18.1 Å². The van der Waals surface area contributed by atoms with Crippen molar-refractivity contribution < 1.29 is 10.2 Å². The predicted octanol–water partition coefficient (Wildman–Crippen LogP) is 3.21. The van der Waals surface area contributed by atoms with Gasteiger partial charge >= 0.3 is 0 Å². The van der Waals surface area contributed by atoms with Gasteiger partial charge in [-0.1, -0.05) is 36.7 Å². The van der Waals surface area contributed by atoms with Gasteiger partial charge in [-0.05, 0) is 24.6 Å². The van der Waals surface area contributed by atoms with Crippen LogP contribution in [0.25, 0.3) is 0 Å². The normalized spacial score (nSPS) is 13.6.